The van der Waals surface area contributed by atoms with Crippen molar-refractivity contribution in [3.05, 3.63) is 34.2 Å². The minimum Gasteiger partial charge on any atom is -0.303 e. The molecular formula is C14H11NOS. The molecule has 3 heteroatoms. The van der Waals surface area contributed by atoms with Crippen LogP contribution in [0.15, 0.2) is 18.2 Å². The van der Waals surface area contributed by atoms with Gasteiger partial charge in [0.25, 0.3) is 0 Å². The maximum absolute atomic E-state index is 11.1. The van der Waals surface area contributed by atoms with Crippen LogP contribution in [0.1, 0.15) is 34.8 Å². The average Bonchev–Trinajstić information content (AvgIpc) is 2.75. The Balaban J connectivity index is 2.26. The second kappa shape index (κ2) is 3.97. The molecule has 1 atom stereocenters. The van der Waals surface area contributed by atoms with Crippen LogP contribution in [0.5, 0.6) is 0 Å². The first kappa shape index (κ1) is 10.5. The third kappa shape index (κ3) is 1.57. The molecule has 1 aromatic carbocycles. The highest BCUT2D eigenvalue weighted by molar-refractivity contribution is 7.19. The number of thiophene rings is 1. The molecule has 1 aliphatic rings. The van der Waals surface area contributed by atoms with E-state index < -0.39 is 0 Å². The summed E-state index contributed by atoms with van der Waals surface area (Å²) in [4.78, 5) is 12.3. The van der Waals surface area contributed by atoms with E-state index in [1.54, 1.807) is 11.3 Å². The molecule has 0 aliphatic heterocycles. The van der Waals surface area contributed by atoms with Crippen LogP contribution < -0.4 is 0 Å². The molecule has 0 saturated carbocycles. The molecule has 1 heterocycles. The van der Waals surface area contributed by atoms with Crippen LogP contribution in [0.2, 0.25) is 0 Å². The molecule has 0 fully saturated rings. The third-order valence-electron chi connectivity index (χ3n) is 3.40. The lowest BCUT2D eigenvalue weighted by Crippen LogP contribution is -2.07. The molecule has 17 heavy (non-hydrogen) atoms. The van der Waals surface area contributed by atoms with Crippen LogP contribution in [0, 0.1) is 11.3 Å². The third-order valence-corrected chi connectivity index (χ3v) is 4.72. The van der Waals surface area contributed by atoms with Gasteiger partial charge < -0.3 is 4.79 Å². The maximum Gasteiger partial charge on any atom is 0.128 e. The Morgan fingerprint density at radius 2 is 2.35 bits per heavy atom. The largest absolute Gasteiger partial charge is 0.303 e. The Hall–Kier alpha value is -1.66. The highest BCUT2D eigenvalue weighted by Gasteiger charge is 2.24. The van der Waals surface area contributed by atoms with Gasteiger partial charge in [-0.3, -0.25) is 0 Å². The van der Waals surface area contributed by atoms with Crippen molar-refractivity contribution < 1.29 is 4.79 Å². The van der Waals surface area contributed by atoms with E-state index in [-0.39, 0.29) is 5.92 Å². The zero-order chi connectivity index (χ0) is 11.8. The van der Waals surface area contributed by atoms with Crippen molar-refractivity contribution >= 4 is 27.7 Å². The quantitative estimate of drug-likeness (QED) is 0.718. The van der Waals surface area contributed by atoms with E-state index in [9.17, 15) is 4.79 Å². The maximum atomic E-state index is 11.1. The first-order valence-corrected chi connectivity index (χ1v) is 6.56. The second-order valence-electron chi connectivity index (χ2n) is 4.40. The smallest absolute Gasteiger partial charge is 0.128 e. The monoisotopic (exact) mass is 241 g/mol. The van der Waals surface area contributed by atoms with Gasteiger partial charge in [-0.2, -0.15) is 5.26 Å². The number of fused-ring (bicyclic) bond motifs is 3. The molecule has 0 N–H and O–H groups in total. The number of hydrogen-bond acceptors (Lipinski definition) is 3. The van der Waals surface area contributed by atoms with Gasteiger partial charge in [0.15, 0.2) is 0 Å². The van der Waals surface area contributed by atoms with E-state index in [0.717, 1.165) is 30.2 Å². The lowest BCUT2D eigenvalue weighted by atomic mass is 9.89. The number of rotatable bonds is 1. The van der Waals surface area contributed by atoms with Gasteiger partial charge in [0.05, 0.1) is 11.6 Å². The van der Waals surface area contributed by atoms with Crippen molar-refractivity contribution in [3.8, 4) is 6.07 Å². The molecule has 2 aromatic rings. The normalized spacial score (nSPS) is 18.6. The predicted octanol–water partition coefficient (Wildman–Crippen LogP) is 3.39. The Bertz CT molecular complexity index is 635. The van der Waals surface area contributed by atoms with Crippen molar-refractivity contribution in [2.24, 2.45) is 0 Å². The van der Waals surface area contributed by atoms with Crippen molar-refractivity contribution in [2.75, 3.05) is 0 Å². The van der Waals surface area contributed by atoms with Crippen molar-refractivity contribution in [2.45, 2.75) is 25.2 Å². The Labute approximate surface area is 103 Å². The molecule has 0 saturated heterocycles. The topological polar surface area (TPSA) is 40.9 Å². The van der Waals surface area contributed by atoms with E-state index >= 15 is 0 Å². The van der Waals surface area contributed by atoms with E-state index in [1.165, 1.54) is 15.8 Å². The SMILES string of the molecule is N#Cc1ccc2c3c(sc2c1)[C@H](C=O)CCC3. The number of nitrogens with zero attached hydrogens (tertiary/aromatic N) is 1. The molecule has 2 nitrogen and oxygen atoms in total. The van der Waals surface area contributed by atoms with Gasteiger partial charge in [-0.05, 0) is 42.3 Å². The first-order valence-electron chi connectivity index (χ1n) is 5.74. The van der Waals surface area contributed by atoms with Crippen molar-refractivity contribution in [1.29, 1.82) is 5.26 Å². The van der Waals surface area contributed by atoms with Crippen molar-refractivity contribution in [1.82, 2.24) is 0 Å². The highest BCUT2D eigenvalue weighted by atomic mass is 32.1. The Morgan fingerprint density at radius 1 is 1.47 bits per heavy atom. The zero-order valence-electron chi connectivity index (χ0n) is 9.27. The summed E-state index contributed by atoms with van der Waals surface area (Å²) in [6.07, 6.45) is 4.18. The summed E-state index contributed by atoms with van der Waals surface area (Å²) in [6.45, 7) is 0. The molecule has 0 unspecified atom stereocenters. The van der Waals surface area contributed by atoms with E-state index in [4.69, 9.17) is 5.26 Å². The summed E-state index contributed by atoms with van der Waals surface area (Å²) in [5.74, 6) is 0.0710. The summed E-state index contributed by atoms with van der Waals surface area (Å²) in [6, 6.07) is 7.98. The molecule has 0 spiro atoms. The molecule has 1 aromatic heterocycles. The van der Waals surface area contributed by atoms with Crippen LogP contribution in [0.3, 0.4) is 0 Å². The fraction of sp³-hybridized carbons (Fsp3) is 0.286. The number of hydrogen-bond donors (Lipinski definition) is 0. The molecule has 0 radical (unpaired) electrons. The van der Waals surface area contributed by atoms with E-state index in [0.29, 0.717) is 5.56 Å². The van der Waals surface area contributed by atoms with E-state index in [2.05, 4.69) is 6.07 Å². The standard InChI is InChI=1S/C14H11NOS/c15-7-9-4-5-11-12-3-1-2-10(8-16)14(12)17-13(11)6-9/h4-6,8,10H,1-3H2/t10-/m0/s1. The molecule has 0 bridgehead atoms. The van der Waals surface area contributed by atoms with Gasteiger partial charge in [0.2, 0.25) is 0 Å². The number of nitriles is 1. The average molecular weight is 241 g/mol. The van der Waals surface area contributed by atoms with Gasteiger partial charge in [-0.15, -0.1) is 11.3 Å². The first-order chi connectivity index (χ1) is 8.33. The molecule has 0 amide bonds. The predicted molar refractivity (Wildman–Crippen MR) is 68.3 cm³/mol. The van der Waals surface area contributed by atoms with Gasteiger partial charge in [0.1, 0.15) is 6.29 Å². The molecular weight excluding hydrogens is 230 g/mol. The van der Waals surface area contributed by atoms with Gasteiger partial charge in [-0.1, -0.05) is 6.07 Å². The van der Waals surface area contributed by atoms with Crippen LogP contribution in [-0.4, -0.2) is 6.29 Å². The number of benzene rings is 1. The van der Waals surface area contributed by atoms with Crippen LogP contribution in [0.25, 0.3) is 10.1 Å². The lowest BCUT2D eigenvalue weighted by molar-refractivity contribution is -0.109. The molecule has 1 aliphatic carbocycles. The van der Waals surface area contributed by atoms with Crippen LogP contribution in [0.4, 0.5) is 0 Å². The summed E-state index contributed by atoms with van der Waals surface area (Å²) in [5, 5.41) is 10.1. The molecule has 3 rings (SSSR count). The van der Waals surface area contributed by atoms with Gasteiger partial charge in [0, 0.05) is 15.5 Å². The Kier molecular flexibility index (Phi) is 2.45. The fourth-order valence-corrected chi connectivity index (χ4v) is 3.94. The summed E-state index contributed by atoms with van der Waals surface area (Å²) >= 11 is 1.68. The minimum absolute atomic E-state index is 0.0710. The second-order valence-corrected chi connectivity index (χ2v) is 5.49. The van der Waals surface area contributed by atoms with Crippen molar-refractivity contribution in [3.63, 3.8) is 0 Å². The van der Waals surface area contributed by atoms with Gasteiger partial charge in [-0.25, -0.2) is 0 Å². The molecule has 84 valence electrons. The summed E-state index contributed by atoms with van der Waals surface area (Å²) in [7, 11) is 0. The lowest BCUT2D eigenvalue weighted by Gasteiger charge is -2.16. The summed E-state index contributed by atoms with van der Waals surface area (Å²) < 4.78 is 1.14. The zero-order valence-corrected chi connectivity index (χ0v) is 10.1. The highest BCUT2D eigenvalue weighted by Crippen LogP contribution is 2.41. The number of carbonyl (C=O) groups excluding carboxylic acids is 1. The van der Waals surface area contributed by atoms with Gasteiger partial charge >= 0.3 is 0 Å². The number of aryl methyl sites for hydroxylation is 1. The number of carbonyl (C=O) groups is 1. The Morgan fingerprint density at radius 3 is 3.12 bits per heavy atom. The van der Waals surface area contributed by atoms with Crippen LogP contribution >= 0.6 is 11.3 Å². The summed E-state index contributed by atoms with van der Waals surface area (Å²) in [5.41, 5.74) is 2.02. The minimum atomic E-state index is 0.0710. The van der Waals surface area contributed by atoms with E-state index in [1.807, 2.05) is 18.2 Å². The number of aldehydes is 1. The fourth-order valence-electron chi connectivity index (χ4n) is 2.56. The van der Waals surface area contributed by atoms with Crippen LogP contribution in [-0.2, 0) is 11.2 Å².